The van der Waals surface area contributed by atoms with Gasteiger partial charge in [-0.2, -0.15) is 0 Å². The number of nitrogens with zero attached hydrogens (tertiary/aromatic N) is 1. The van der Waals surface area contributed by atoms with Crippen LogP contribution in [-0.4, -0.2) is 21.2 Å². The van der Waals surface area contributed by atoms with Crippen LogP contribution in [0.1, 0.15) is 22.5 Å². The molecule has 0 saturated carbocycles. The second-order valence-corrected chi connectivity index (χ2v) is 3.40. The first-order valence-corrected chi connectivity index (χ1v) is 4.41. The lowest BCUT2D eigenvalue weighted by atomic mass is 10.2. The summed E-state index contributed by atoms with van der Waals surface area (Å²) in [7, 11) is 0. The van der Waals surface area contributed by atoms with E-state index >= 15 is 0 Å². The minimum absolute atomic E-state index is 0.190. The van der Waals surface area contributed by atoms with Crippen molar-refractivity contribution in [1.29, 1.82) is 0 Å². The fraction of sp³-hybridized carbons (Fsp3) is 0.143. The topological polar surface area (TPSA) is 70.4 Å². The van der Waals surface area contributed by atoms with Crippen LogP contribution in [0.25, 0.3) is 0 Å². The van der Waals surface area contributed by atoms with Crippen molar-refractivity contribution in [3.05, 3.63) is 21.0 Å². The zero-order chi connectivity index (χ0) is 10.9. The Labute approximate surface area is 90.7 Å². The molecule has 0 radical (unpaired) electrons. The SMILES string of the molecule is O=C(O)c1ncc(O)c(I)c1C(F)F. The largest absolute Gasteiger partial charge is 0.505 e. The zero-order valence-electron chi connectivity index (χ0n) is 6.54. The highest BCUT2D eigenvalue weighted by Gasteiger charge is 2.24. The van der Waals surface area contributed by atoms with Crippen molar-refractivity contribution in [3.8, 4) is 5.75 Å². The van der Waals surface area contributed by atoms with Crippen LogP contribution in [0.5, 0.6) is 5.75 Å². The number of aromatic hydroxyl groups is 1. The van der Waals surface area contributed by atoms with Gasteiger partial charge in [0.05, 0.1) is 15.3 Å². The number of halogens is 3. The third-order valence-corrected chi connectivity index (χ3v) is 2.59. The molecular formula is C7H4F2INO3. The predicted molar refractivity (Wildman–Crippen MR) is 50.5 cm³/mol. The summed E-state index contributed by atoms with van der Waals surface area (Å²) in [4.78, 5) is 13.7. The maximum absolute atomic E-state index is 12.4. The first-order valence-electron chi connectivity index (χ1n) is 3.34. The lowest BCUT2D eigenvalue weighted by molar-refractivity contribution is 0.0676. The van der Waals surface area contributed by atoms with Crippen LogP contribution in [0.2, 0.25) is 0 Å². The summed E-state index contributed by atoms with van der Waals surface area (Å²) in [6, 6.07) is 0. The molecule has 0 aliphatic rings. The summed E-state index contributed by atoms with van der Waals surface area (Å²) in [5.41, 5.74) is -1.49. The number of aromatic nitrogens is 1. The van der Waals surface area contributed by atoms with Gasteiger partial charge in [-0.25, -0.2) is 18.6 Å². The van der Waals surface area contributed by atoms with Gasteiger partial charge in [0.25, 0.3) is 6.43 Å². The van der Waals surface area contributed by atoms with Crippen molar-refractivity contribution in [2.75, 3.05) is 0 Å². The van der Waals surface area contributed by atoms with E-state index < -0.39 is 29.4 Å². The zero-order valence-corrected chi connectivity index (χ0v) is 8.70. The molecule has 0 amide bonds. The van der Waals surface area contributed by atoms with Gasteiger partial charge in [0.15, 0.2) is 5.69 Å². The van der Waals surface area contributed by atoms with Gasteiger partial charge in [-0.05, 0) is 22.6 Å². The summed E-state index contributed by atoms with van der Waals surface area (Å²) < 4.78 is 24.6. The molecule has 0 fully saturated rings. The van der Waals surface area contributed by atoms with Gasteiger partial charge in [-0.3, -0.25) is 0 Å². The molecule has 4 nitrogen and oxygen atoms in total. The molecule has 2 N–H and O–H groups in total. The monoisotopic (exact) mass is 315 g/mol. The second-order valence-electron chi connectivity index (χ2n) is 2.33. The van der Waals surface area contributed by atoms with Gasteiger partial charge >= 0.3 is 5.97 Å². The van der Waals surface area contributed by atoms with Crippen molar-refractivity contribution >= 4 is 28.6 Å². The third kappa shape index (κ3) is 1.91. The predicted octanol–water partition coefficient (Wildman–Crippen LogP) is 2.03. The highest BCUT2D eigenvalue weighted by atomic mass is 127. The molecular weight excluding hydrogens is 311 g/mol. The molecule has 0 aliphatic heterocycles. The molecule has 0 aliphatic carbocycles. The van der Waals surface area contributed by atoms with Crippen molar-refractivity contribution < 1.29 is 23.8 Å². The first-order chi connectivity index (χ1) is 6.45. The molecule has 76 valence electrons. The lowest BCUT2D eigenvalue weighted by Gasteiger charge is -2.07. The van der Waals surface area contributed by atoms with Crippen LogP contribution in [0.4, 0.5) is 8.78 Å². The number of aromatic carboxylic acids is 1. The Balaban J connectivity index is 3.45. The number of carboxylic acids is 1. The van der Waals surface area contributed by atoms with E-state index in [0.29, 0.717) is 0 Å². The van der Waals surface area contributed by atoms with E-state index in [2.05, 4.69) is 4.98 Å². The van der Waals surface area contributed by atoms with E-state index in [9.17, 15) is 13.6 Å². The summed E-state index contributed by atoms with van der Waals surface area (Å²) >= 11 is 1.45. The molecule has 14 heavy (non-hydrogen) atoms. The van der Waals surface area contributed by atoms with Crippen molar-refractivity contribution in [2.45, 2.75) is 6.43 Å². The smallest absolute Gasteiger partial charge is 0.355 e. The van der Waals surface area contributed by atoms with E-state index in [0.717, 1.165) is 6.20 Å². The second kappa shape index (κ2) is 4.03. The number of hydrogen-bond acceptors (Lipinski definition) is 3. The average Bonchev–Trinajstić information content (AvgIpc) is 2.08. The van der Waals surface area contributed by atoms with Gasteiger partial charge in [-0.15, -0.1) is 0 Å². The third-order valence-electron chi connectivity index (χ3n) is 1.45. The Morgan fingerprint density at radius 1 is 1.57 bits per heavy atom. The van der Waals surface area contributed by atoms with Crippen LogP contribution in [0.3, 0.4) is 0 Å². The number of carbonyl (C=O) groups is 1. The van der Waals surface area contributed by atoms with Crippen LogP contribution in [-0.2, 0) is 0 Å². The number of hydrogen-bond donors (Lipinski definition) is 2. The highest BCUT2D eigenvalue weighted by molar-refractivity contribution is 14.1. The van der Waals surface area contributed by atoms with E-state index in [-0.39, 0.29) is 3.57 Å². The van der Waals surface area contributed by atoms with Crippen molar-refractivity contribution in [1.82, 2.24) is 4.98 Å². The Morgan fingerprint density at radius 2 is 2.14 bits per heavy atom. The van der Waals surface area contributed by atoms with Gasteiger partial charge in [0, 0.05) is 0 Å². The van der Waals surface area contributed by atoms with Crippen LogP contribution in [0.15, 0.2) is 6.20 Å². The molecule has 7 heteroatoms. The Hall–Kier alpha value is -0.990. The minimum atomic E-state index is -2.98. The molecule has 1 rings (SSSR count). The number of alkyl halides is 2. The molecule has 0 spiro atoms. The van der Waals surface area contributed by atoms with E-state index in [4.69, 9.17) is 10.2 Å². The van der Waals surface area contributed by atoms with E-state index in [1.54, 1.807) is 0 Å². The Bertz CT molecular complexity index is 383. The fourth-order valence-corrected chi connectivity index (χ4v) is 1.49. The lowest BCUT2D eigenvalue weighted by Crippen LogP contribution is -2.08. The average molecular weight is 315 g/mol. The number of carboxylic acid groups (broad SMARTS) is 1. The molecule has 1 heterocycles. The molecule has 1 aromatic heterocycles. The Morgan fingerprint density at radius 3 is 2.57 bits per heavy atom. The van der Waals surface area contributed by atoms with Gasteiger partial charge < -0.3 is 10.2 Å². The maximum atomic E-state index is 12.4. The van der Waals surface area contributed by atoms with Crippen molar-refractivity contribution in [2.24, 2.45) is 0 Å². The summed E-state index contributed by atoms with van der Waals surface area (Å²) in [5, 5.41) is 17.6. The normalized spacial score (nSPS) is 10.6. The first kappa shape index (κ1) is 11.1. The quantitative estimate of drug-likeness (QED) is 0.819. The standard InChI is InChI=1S/C7H4F2INO3/c8-6(9)3-4(10)2(12)1-11-5(3)7(13)14/h1,6,12H,(H,13,14). The van der Waals surface area contributed by atoms with Gasteiger partial charge in [0.2, 0.25) is 0 Å². The molecule has 1 aromatic rings. The molecule has 0 bridgehead atoms. The van der Waals surface area contributed by atoms with E-state index in [1.165, 1.54) is 22.6 Å². The van der Waals surface area contributed by atoms with Gasteiger partial charge in [-0.1, -0.05) is 0 Å². The summed E-state index contributed by atoms with van der Waals surface area (Å²) in [5.74, 6) is -2.00. The summed E-state index contributed by atoms with van der Waals surface area (Å²) in [6.07, 6.45) is -2.15. The molecule has 0 aromatic carbocycles. The highest BCUT2D eigenvalue weighted by Crippen LogP contribution is 2.31. The Kier molecular flexibility index (Phi) is 3.19. The van der Waals surface area contributed by atoms with Crippen LogP contribution < -0.4 is 0 Å². The molecule has 0 saturated heterocycles. The van der Waals surface area contributed by atoms with Crippen LogP contribution >= 0.6 is 22.6 Å². The van der Waals surface area contributed by atoms with Crippen molar-refractivity contribution in [3.63, 3.8) is 0 Å². The molecule has 0 atom stereocenters. The van der Waals surface area contributed by atoms with E-state index in [1.807, 2.05) is 0 Å². The van der Waals surface area contributed by atoms with Crippen LogP contribution in [0, 0.1) is 3.57 Å². The summed E-state index contributed by atoms with van der Waals surface area (Å²) in [6.45, 7) is 0. The fourth-order valence-electron chi connectivity index (χ4n) is 0.863. The molecule has 0 unspecified atom stereocenters. The number of rotatable bonds is 2. The van der Waals surface area contributed by atoms with Gasteiger partial charge in [0.1, 0.15) is 5.75 Å². The minimum Gasteiger partial charge on any atom is -0.505 e. The number of pyridine rings is 1. The maximum Gasteiger partial charge on any atom is 0.355 e.